The number of aliphatic hydroxyl groups is 1. The number of nitrogens with one attached hydrogen (secondary N) is 1. The molecule has 0 unspecified atom stereocenters. The van der Waals surface area contributed by atoms with E-state index in [1.165, 1.54) is 12.1 Å². The van der Waals surface area contributed by atoms with E-state index < -0.39 is 0 Å². The summed E-state index contributed by atoms with van der Waals surface area (Å²) in [5.74, 6) is 0.810. The Morgan fingerprint density at radius 2 is 1.93 bits per heavy atom. The first-order chi connectivity index (χ1) is 13.8. The topological polar surface area (TPSA) is 132 Å². The van der Waals surface area contributed by atoms with Crippen LogP contribution in [0.3, 0.4) is 0 Å². The molecule has 0 bridgehead atoms. The lowest BCUT2D eigenvalue weighted by molar-refractivity contribution is 0.248. The second-order valence-corrected chi connectivity index (χ2v) is 7.30. The lowest BCUT2D eigenvalue weighted by Gasteiger charge is -2.22. The van der Waals surface area contributed by atoms with Crippen LogP contribution in [0.2, 0.25) is 0 Å². The Hall–Kier alpha value is -3.14. The fraction of sp³-hybridized carbons (Fsp3) is 0.474. The molecule has 2 aromatic heterocycles. The Morgan fingerprint density at radius 3 is 2.55 bits per heavy atom. The number of hydrogen-bond acceptors (Lipinski definition) is 9. The molecular formula is C19H27N7O3. The van der Waals surface area contributed by atoms with Crippen LogP contribution in [0.15, 0.2) is 18.2 Å². The zero-order valence-corrected chi connectivity index (χ0v) is 17.0. The molecule has 0 fully saturated rings. The van der Waals surface area contributed by atoms with E-state index in [0.29, 0.717) is 36.0 Å². The Kier molecular flexibility index (Phi) is 6.02. The Bertz CT molecular complexity index is 989. The quantitative estimate of drug-likeness (QED) is 0.416. The van der Waals surface area contributed by atoms with E-state index in [4.69, 9.17) is 0 Å². The van der Waals surface area contributed by atoms with Gasteiger partial charge in [-0.1, -0.05) is 25.1 Å². The van der Waals surface area contributed by atoms with Crippen molar-refractivity contribution in [2.75, 3.05) is 23.9 Å². The SMILES string of the molecule is CCn1nnc2c(N(C)Cc3ccc(O)c(O)c3)nc(N[C@@H](CO)C(C)C)nc21. The molecule has 29 heavy (non-hydrogen) atoms. The highest BCUT2D eigenvalue weighted by molar-refractivity contribution is 5.84. The van der Waals surface area contributed by atoms with Gasteiger partial charge in [-0.25, -0.2) is 4.68 Å². The van der Waals surface area contributed by atoms with Gasteiger partial charge in [0.1, 0.15) is 0 Å². The second-order valence-electron chi connectivity index (χ2n) is 7.30. The molecule has 0 saturated carbocycles. The number of benzene rings is 1. The summed E-state index contributed by atoms with van der Waals surface area (Å²) >= 11 is 0. The number of nitrogens with zero attached hydrogens (tertiary/aromatic N) is 6. The van der Waals surface area contributed by atoms with Gasteiger partial charge >= 0.3 is 0 Å². The summed E-state index contributed by atoms with van der Waals surface area (Å²) in [5, 5.41) is 40.5. The summed E-state index contributed by atoms with van der Waals surface area (Å²) in [6.45, 7) is 6.96. The van der Waals surface area contributed by atoms with Gasteiger partial charge in [0.2, 0.25) is 5.95 Å². The van der Waals surface area contributed by atoms with Gasteiger partial charge in [-0.15, -0.1) is 5.10 Å². The van der Waals surface area contributed by atoms with Crippen LogP contribution in [0, 0.1) is 5.92 Å². The lowest BCUT2D eigenvalue weighted by Crippen LogP contribution is -2.30. The molecule has 0 spiro atoms. The molecule has 0 radical (unpaired) electrons. The van der Waals surface area contributed by atoms with Crippen LogP contribution in [0.4, 0.5) is 11.8 Å². The maximum Gasteiger partial charge on any atom is 0.227 e. The Balaban J connectivity index is 2.00. The van der Waals surface area contributed by atoms with Gasteiger partial charge in [0.25, 0.3) is 0 Å². The number of fused-ring (bicyclic) bond motifs is 1. The summed E-state index contributed by atoms with van der Waals surface area (Å²) in [6, 6.07) is 4.49. The summed E-state index contributed by atoms with van der Waals surface area (Å²) in [5.41, 5.74) is 1.95. The predicted octanol–water partition coefficient (Wildman–Crippen LogP) is 1.72. The van der Waals surface area contributed by atoms with Crippen molar-refractivity contribution in [3.05, 3.63) is 23.8 Å². The number of anilines is 2. The molecular weight excluding hydrogens is 374 g/mol. The molecule has 0 saturated heterocycles. The molecule has 3 aromatic rings. The van der Waals surface area contributed by atoms with Gasteiger partial charge < -0.3 is 25.5 Å². The van der Waals surface area contributed by atoms with Crippen molar-refractivity contribution in [2.24, 2.45) is 5.92 Å². The van der Waals surface area contributed by atoms with Gasteiger partial charge in [0, 0.05) is 20.1 Å². The monoisotopic (exact) mass is 401 g/mol. The fourth-order valence-electron chi connectivity index (χ4n) is 2.99. The van der Waals surface area contributed by atoms with Crippen molar-refractivity contribution in [1.29, 1.82) is 0 Å². The largest absolute Gasteiger partial charge is 0.504 e. The van der Waals surface area contributed by atoms with E-state index in [0.717, 1.165) is 5.56 Å². The molecule has 10 nitrogen and oxygen atoms in total. The van der Waals surface area contributed by atoms with Crippen LogP contribution in [-0.4, -0.2) is 60.0 Å². The van der Waals surface area contributed by atoms with Crippen molar-refractivity contribution in [2.45, 2.75) is 39.9 Å². The number of aromatic nitrogens is 5. The second kappa shape index (κ2) is 8.48. The Morgan fingerprint density at radius 1 is 1.17 bits per heavy atom. The molecule has 1 atom stereocenters. The molecule has 156 valence electrons. The van der Waals surface area contributed by atoms with Crippen LogP contribution < -0.4 is 10.2 Å². The number of phenolic OH excluding ortho intramolecular Hbond substituents is 2. The van der Waals surface area contributed by atoms with Crippen LogP contribution in [0.5, 0.6) is 11.5 Å². The maximum atomic E-state index is 9.76. The smallest absolute Gasteiger partial charge is 0.227 e. The third-order valence-electron chi connectivity index (χ3n) is 4.78. The van der Waals surface area contributed by atoms with Crippen molar-refractivity contribution >= 4 is 22.9 Å². The van der Waals surface area contributed by atoms with Crippen molar-refractivity contribution in [3.63, 3.8) is 0 Å². The molecule has 0 aliphatic heterocycles. The van der Waals surface area contributed by atoms with Gasteiger partial charge in [0.05, 0.1) is 12.6 Å². The van der Waals surface area contributed by atoms with E-state index in [-0.39, 0.29) is 30.1 Å². The molecule has 0 aliphatic rings. The zero-order chi connectivity index (χ0) is 21.1. The van der Waals surface area contributed by atoms with Gasteiger partial charge in [-0.3, -0.25) is 0 Å². The number of hydrogen-bond donors (Lipinski definition) is 4. The number of phenols is 2. The summed E-state index contributed by atoms with van der Waals surface area (Å²) in [6.07, 6.45) is 0. The molecule has 0 amide bonds. The van der Waals surface area contributed by atoms with Gasteiger partial charge in [-0.2, -0.15) is 9.97 Å². The van der Waals surface area contributed by atoms with E-state index in [1.807, 2.05) is 32.7 Å². The summed E-state index contributed by atoms with van der Waals surface area (Å²) in [7, 11) is 1.85. The Labute approximate surface area is 168 Å². The van der Waals surface area contributed by atoms with Crippen LogP contribution >= 0.6 is 0 Å². The average molecular weight is 401 g/mol. The van der Waals surface area contributed by atoms with Crippen molar-refractivity contribution in [1.82, 2.24) is 25.0 Å². The molecule has 0 aliphatic carbocycles. The van der Waals surface area contributed by atoms with Crippen LogP contribution in [0.1, 0.15) is 26.3 Å². The van der Waals surface area contributed by atoms with Crippen molar-refractivity contribution in [3.8, 4) is 11.5 Å². The minimum Gasteiger partial charge on any atom is -0.504 e. The molecule has 4 N–H and O–H groups in total. The van der Waals surface area contributed by atoms with E-state index in [1.54, 1.807) is 10.7 Å². The molecule has 3 rings (SSSR count). The highest BCUT2D eigenvalue weighted by Crippen LogP contribution is 2.28. The van der Waals surface area contributed by atoms with E-state index in [9.17, 15) is 15.3 Å². The van der Waals surface area contributed by atoms with E-state index >= 15 is 0 Å². The number of aromatic hydroxyl groups is 2. The fourth-order valence-corrected chi connectivity index (χ4v) is 2.99. The van der Waals surface area contributed by atoms with Crippen LogP contribution in [-0.2, 0) is 13.1 Å². The first-order valence-electron chi connectivity index (χ1n) is 9.54. The standard InChI is InChI=1S/C19H27N7O3/c1-5-26-18-16(23-24-26)17(21-19(22-18)20-13(10-27)11(2)3)25(4)9-12-6-7-14(28)15(29)8-12/h6-8,11,13,27-29H,5,9-10H2,1-4H3,(H,20,21,22)/t13-/m0/s1. The third-order valence-corrected chi connectivity index (χ3v) is 4.78. The minimum absolute atomic E-state index is 0.0394. The highest BCUT2D eigenvalue weighted by Gasteiger charge is 2.20. The lowest BCUT2D eigenvalue weighted by atomic mass is 10.1. The van der Waals surface area contributed by atoms with E-state index in [2.05, 4.69) is 25.6 Å². The van der Waals surface area contributed by atoms with Crippen LogP contribution in [0.25, 0.3) is 11.2 Å². The van der Waals surface area contributed by atoms with Crippen molar-refractivity contribution < 1.29 is 15.3 Å². The normalized spacial score (nSPS) is 12.5. The summed E-state index contributed by atoms with van der Waals surface area (Å²) in [4.78, 5) is 11.1. The zero-order valence-electron chi connectivity index (χ0n) is 17.0. The highest BCUT2D eigenvalue weighted by atomic mass is 16.3. The molecule has 10 heteroatoms. The first-order valence-corrected chi connectivity index (χ1v) is 9.54. The van der Waals surface area contributed by atoms with Gasteiger partial charge in [-0.05, 0) is 30.5 Å². The number of rotatable bonds is 8. The number of aryl methyl sites for hydroxylation is 1. The minimum atomic E-state index is -0.189. The summed E-state index contributed by atoms with van der Waals surface area (Å²) < 4.78 is 1.69. The third kappa shape index (κ3) is 4.32. The maximum absolute atomic E-state index is 9.76. The average Bonchev–Trinajstić information content (AvgIpc) is 3.11. The van der Waals surface area contributed by atoms with Gasteiger partial charge in [0.15, 0.2) is 28.5 Å². The predicted molar refractivity (Wildman–Crippen MR) is 110 cm³/mol. The molecule has 2 heterocycles. The number of aliphatic hydroxyl groups excluding tert-OH is 1. The first kappa shape index (κ1) is 20.6. The molecule has 1 aromatic carbocycles.